The number of hydrogen-bond donors (Lipinski definition) is 1. The van der Waals surface area contributed by atoms with E-state index in [0.29, 0.717) is 12.0 Å². The number of nitrogen functional groups attached to an aromatic ring is 1. The molecule has 0 amide bonds. The number of carbonyl (C=O) groups is 1. The van der Waals surface area contributed by atoms with E-state index >= 15 is 0 Å². The lowest BCUT2D eigenvalue weighted by Gasteiger charge is -1.99. The number of aryl methyl sites for hydroxylation is 1. The van der Waals surface area contributed by atoms with E-state index in [4.69, 9.17) is 17.3 Å². The topological polar surface area (TPSA) is 68.9 Å². The summed E-state index contributed by atoms with van der Waals surface area (Å²) in [7, 11) is 0. The smallest absolute Gasteiger partial charge is 0.172 e. The second kappa shape index (κ2) is 2.84. The van der Waals surface area contributed by atoms with E-state index in [1.54, 1.807) is 6.92 Å². The molecule has 0 fully saturated rings. The van der Waals surface area contributed by atoms with Gasteiger partial charge in [-0.3, -0.25) is 4.79 Å². The van der Waals surface area contributed by atoms with Gasteiger partial charge in [0.15, 0.2) is 17.3 Å². The fraction of sp³-hybridized carbons (Fsp3) is 0.167. The maximum Gasteiger partial charge on any atom is 0.172 e. The predicted octanol–water partition coefficient (Wildman–Crippen LogP) is 0.833. The molecular weight excluding hydrogens is 166 g/mol. The van der Waals surface area contributed by atoms with E-state index in [0.717, 1.165) is 0 Å². The molecule has 0 aromatic carbocycles. The molecule has 2 N–H and O–H groups in total. The SMILES string of the molecule is Cc1nc(C=O)c(N)nc1Cl. The molecule has 0 bridgehead atoms. The molecule has 5 heteroatoms. The molecule has 0 saturated carbocycles. The summed E-state index contributed by atoms with van der Waals surface area (Å²) < 4.78 is 0. The molecule has 0 radical (unpaired) electrons. The number of hydrogen-bond acceptors (Lipinski definition) is 4. The van der Waals surface area contributed by atoms with Crippen molar-refractivity contribution in [3.63, 3.8) is 0 Å². The Balaban J connectivity index is 3.31. The summed E-state index contributed by atoms with van der Waals surface area (Å²) in [5.41, 5.74) is 5.95. The van der Waals surface area contributed by atoms with Crippen LogP contribution in [0.4, 0.5) is 5.82 Å². The molecule has 0 saturated heterocycles. The zero-order chi connectivity index (χ0) is 8.43. The van der Waals surface area contributed by atoms with E-state index in [9.17, 15) is 4.79 Å². The van der Waals surface area contributed by atoms with E-state index in [1.807, 2.05) is 0 Å². The van der Waals surface area contributed by atoms with E-state index in [1.165, 1.54) is 0 Å². The molecular formula is C6H6ClN3O. The molecule has 1 heterocycles. The van der Waals surface area contributed by atoms with Crippen LogP contribution in [0.5, 0.6) is 0 Å². The molecule has 0 unspecified atom stereocenters. The van der Waals surface area contributed by atoms with E-state index in [2.05, 4.69) is 9.97 Å². The van der Waals surface area contributed by atoms with Crippen LogP contribution in [-0.4, -0.2) is 16.3 Å². The lowest BCUT2D eigenvalue weighted by Crippen LogP contribution is -2.02. The van der Waals surface area contributed by atoms with Crippen LogP contribution in [0.1, 0.15) is 16.2 Å². The number of nitrogens with zero attached hydrogens (tertiary/aromatic N) is 2. The van der Waals surface area contributed by atoms with Gasteiger partial charge >= 0.3 is 0 Å². The molecule has 1 rings (SSSR count). The summed E-state index contributed by atoms with van der Waals surface area (Å²) in [6, 6.07) is 0. The maximum absolute atomic E-state index is 10.3. The van der Waals surface area contributed by atoms with Crippen molar-refractivity contribution < 1.29 is 4.79 Å². The molecule has 0 aliphatic carbocycles. The zero-order valence-corrected chi connectivity index (χ0v) is 6.59. The van der Waals surface area contributed by atoms with Gasteiger partial charge in [0.1, 0.15) is 5.69 Å². The first-order chi connectivity index (χ1) is 5.15. The minimum absolute atomic E-state index is 0.0654. The summed E-state index contributed by atoms with van der Waals surface area (Å²) in [4.78, 5) is 17.8. The first-order valence-corrected chi connectivity index (χ1v) is 3.27. The average molecular weight is 172 g/mol. The quantitative estimate of drug-likeness (QED) is 0.636. The largest absolute Gasteiger partial charge is 0.382 e. The Hall–Kier alpha value is -1.16. The Morgan fingerprint density at radius 1 is 1.55 bits per heavy atom. The van der Waals surface area contributed by atoms with Gasteiger partial charge in [0.25, 0.3) is 0 Å². The predicted molar refractivity (Wildman–Crippen MR) is 41.6 cm³/mol. The number of carbonyl (C=O) groups excluding carboxylic acids is 1. The number of aromatic nitrogens is 2. The monoisotopic (exact) mass is 171 g/mol. The van der Waals surface area contributed by atoms with Gasteiger partial charge in [-0.15, -0.1) is 0 Å². The number of aldehydes is 1. The molecule has 11 heavy (non-hydrogen) atoms. The summed E-state index contributed by atoms with van der Waals surface area (Å²) in [5.74, 6) is 0.0654. The number of rotatable bonds is 1. The minimum atomic E-state index is 0.0654. The summed E-state index contributed by atoms with van der Waals surface area (Å²) in [6.07, 6.45) is 0.547. The van der Waals surface area contributed by atoms with Gasteiger partial charge in [-0.2, -0.15) is 0 Å². The molecule has 4 nitrogen and oxygen atoms in total. The van der Waals surface area contributed by atoms with Crippen LogP contribution in [-0.2, 0) is 0 Å². The van der Waals surface area contributed by atoms with Crippen molar-refractivity contribution >= 4 is 23.7 Å². The Kier molecular flexibility index (Phi) is 2.05. The maximum atomic E-state index is 10.3. The highest BCUT2D eigenvalue weighted by molar-refractivity contribution is 6.30. The molecule has 1 aromatic rings. The Labute approximate surface area is 68.4 Å². The highest BCUT2D eigenvalue weighted by Gasteiger charge is 2.04. The third-order valence-corrected chi connectivity index (χ3v) is 1.54. The summed E-state index contributed by atoms with van der Waals surface area (Å²) >= 11 is 5.57. The Morgan fingerprint density at radius 3 is 2.73 bits per heavy atom. The Morgan fingerprint density at radius 2 is 2.18 bits per heavy atom. The molecule has 0 aliphatic heterocycles. The van der Waals surface area contributed by atoms with Gasteiger partial charge in [-0.25, -0.2) is 9.97 Å². The second-order valence-electron chi connectivity index (χ2n) is 1.99. The van der Waals surface area contributed by atoms with Crippen molar-refractivity contribution in [2.75, 3.05) is 5.73 Å². The highest BCUT2D eigenvalue weighted by atomic mass is 35.5. The molecule has 0 spiro atoms. The highest BCUT2D eigenvalue weighted by Crippen LogP contribution is 2.12. The second-order valence-corrected chi connectivity index (χ2v) is 2.35. The van der Waals surface area contributed by atoms with Crippen molar-refractivity contribution in [1.82, 2.24) is 9.97 Å². The zero-order valence-electron chi connectivity index (χ0n) is 5.84. The number of anilines is 1. The number of halogens is 1. The lowest BCUT2D eigenvalue weighted by molar-refractivity contribution is 0.111. The van der Waals surface area contributed by atoms with Gasteiger partial charge in [-0.05, 0) is 6.92 Å². The van der Waals surface area contributed by atoms with Crippen molar-refractivity contribution in [2.24, 2.45) is 0 Å². The van der Waals surface area contributed by atoms with Crippen LogP contribution in [0.15, 0.2) is 0 Å². The van der Waals surface area contributed by atoms with Crippen LogP contribution < -0.4 is 5.73 Å². The van der Waals surface area contributed by atoms with Crippen molar-refractivity contribution in [3.05, 3.63) is 16.5 Å². The Bertz CT molecular complexity index is 300. The first-order valence-electron chi connectivity index (χ1n) is 2.90. The van der Waals surface area contributed by atoms with E-state index in [-0.39, 0.29) is 16.7 Å². The van der Waals surface area contributed by atoms with Crippen LogP contribution >= 0.6 is 11.6 Å². The van der Waals surface area contributed by atoms with Crippen molar-refractivity contribution in [2.45, 2.75) is 6.92 Å². The van der Waals surface area contributed by atoms with Crippen LogP contribution in [0.25, 0.3) is 0 Å². The molecule has 0 atom stereocenters. The normalized spacial score (nSPS) is 9.64. The van der Waals surface area contributed by atoms with E-state index < -0.39 is 0 Å². The van der Waals surface area contributed by atoms with Crippen molar-refractivity contribution in [3.8, 4) is 0 Å². The van der Waals surface area contributed by atoms with Crippen LogP contribution in [0, 0.1) is 6.92 Å². The summed E-state index contributed by atoms with van der Waals surface area (Å²) in [5, 5.41) is 0.230. The van der Waals surface area contributed by atoms with Crippen molar-refractivity contribution in [1.29, 1.82) is 0 Å². The number of nitrogens with two attached hydrogens (primary N) is 1. The van der Waals surface area contributed by atoms with Gasteiger partial charge in [0.05, 0.1) is 5.69 Å². The van der Waals surface area contributed by atoms with Crippen LogP contribution in [0.2, 0.25) is 5.15 Å². The fourth-order valence-electron chi connectivity index (χ4n) is 0.615. The van der Waals surface area contributed by atoms with Crippen LogP contribution in [0.3, 0.4) is 0 Å². The molecule has 1 aromatic heterocycles. The third kappa shape index (κ3) is 1.46. The summed E-state index contributed by atoms with van der Waals surface area (Å²) in [6.45, 7) is 1.65. The van der Waals surface area contributed by atoms with Gasteiger partial charge < -0.3 is 5.73 Å². The molecule has 0 aliphatic rings. The van der Waals surface area contributed by atoms with Gasteiger partial charge in [-0.1, -0.05) is 11.6 Å². The third-order valence-electron chi connectivity index (χ3n) is 1.18. The van der Waals surface area contributed by atoms with Gasteiger partial charge in [0.2, 0.25) is 0 Å². The fourth-order valence-corrected chi connectivity index (χ4v) is 0.748. The van der Waals surface area contributed by atoms with Gasteiger partial charge in [0, 0.05) is 0 Å². The standard InChI is InChI=1S/C6H6ClN3O/c1-3-5(7)10-6(8)4(2-11)9-3/h2H,1H3,(H2,8,10). The molecule has 58 valence electrons. The first kappa shape index (κ1) is 7.94. The minimum Gasteiger partial charge on any atom is -0.382 e. The lowest BCUT2D eigenvalue weighted by atomic mass is 10.4. The average Bonchev–Trinajstić information content (AvgIpc) is 1.97.